The molecule has 0 bridgehead atoms. The molecular formula is C13H25N3O4. The van der Waals surface area contributed by atoms with Gasteiger partial charge in [-0.3, -0.25) is 14.4 Å². The summed E-state index contributed by atoms with van der Waals surface area (Å²) < 4.78 is 0. The van der Waals surface area contributed by atoms with Crippen LogP contribution < -0.4 is 11.1 Å². The Morgan fingerprint density at radius 3 is 2.10 bits per heavy atom. The standard InChI is InChI=1S/C13H25N3O4/c1-8(2)11(14)12(20)15-6-9(17)16(7-10(18)19)13(3,4)5/h8,11H,6-7,14H2,1-5H3,(H,15,20)(H,18,19)/t11-/m0/s1. The second-order valence-corrected chi connectivity index (χ2v) is 6.03. The number of hydrogen-bond donors (Lipinski definition) is 3. The highest BCUT2D eigenvalue weighted by molar-refractivity contribution is 5.89. The van der Waals surface area contributed by atoms with Gasteiger partial charge in [0, 0.05) is 5.54 Å². The van der Waals surface area contributed by atoms with Crippen LogP contribution in [0.25, 0.3) is 0 Å². The van der Waals surface area contributed by atoms with Gasteiger partial charge in [-0.1, -0.05) is 13.8 Å². The van der Waals surface area contributed by atoms with Crippen molar-refractivity contribution in [3.8, 4) is 0 Å². The quantitative estimate of drug-likeness (QED) is 0.626. The summed E-state index contributed by atoms with van der Waals surface area (Å²) in [5.41, 5.74) is 5.02. The molecule has 7 nitrogen and oxygen atoms in total. The SMILES string of the molecule is CC(C)[C@H](N)C(=O)NCC(=O)N(CC(=O)O)C(C)(C)C. The van der Waals surface area contributed by atoms with Gasteiger partial charge < -0.3 is 21.1 Å². The molecule has 0 aromatic carbocycles. The normalized spacial score (nSPS) is 12.9. The Labute approximate surface area is 119 Å². The van der Waals surface area contributed by atoms with Crippen molar-refractivity contribution < 1.29 is 19.5 Å². The van der Waals surface area contributed by atoms with E-state index in [2.05, 4.69) is 5.32 Å². The lowest BCUT2D eigenvalue weighted by atomic mass is 10.0. The van der Waals surface area contributed by atoms with Crippen LogP contribution in [0.15, 0.2) is 0 Å². The predicted molar refractivity (Wildman–Crippen MR) is 74.9 cm³/mol. The first-order chi connectivity index (χ1) is 8.96. The summed E-state index contributed by atoms with van der Waals surface area (Å²) in [6, 6.07) is -0.689. The monoisotopic (exact) mass is 287 g/mol. The van der Waals surface area contributed by atoms with Crippen molar-refractivity contribution in [2.75, 3.05) is 13.1 Å². The topological polar surface area (TPSA) is 113 Å². The van der Waals surface area contributed by atoms with Gasteiger partial charge in [-0.2, -0.15) is 0 Å². The van der Waals surface area contributed by atoms with Crippen molar-refractivity contribution in [1.82, 2.24) is 10.2 Å². The van der Waals surface area contributed by atoms with Crippen molar-refractivity contribution in [1.29, 1.82) is 0 Å². The highest BCUT2D eigenvalue weighted by atomic mass is 16.4. The average Bonchev–Trinajstić information content (AvgIpc) is 2.29. The first-order valence-electron chi connectivity index (χ1n) is 6.52. The molecule has 2 amide bonds. The van der Waals surface area contributed by atoms with Gasteiger partial charge in [0.2, 0.25) is 11.8 Å². The third-order valence-electron chi connectivity index (χ3n) is 2.84. The number of carboxylic acids is 1. The molecule has 0 unspecified atom stereocenters. The molecule has 0 saturated heterocycles. The Balaban J connectivity index is 4.63. The number of nitrogens with zero attached hydrogens (tertiary/aromatic N) is 1. The first kappa shape index (κ1) is 18.4. The number of amides is 2. The third kappa shape index (κ3) is 6.01. The molecule has 116 valence electrons. The van der Waals surface area contributed by atoms with Crippen LogP contribution in [0, 0.1) is 5.92 Å². The zero-order valence-corrected chi connectivity index (χ0v) is 12.8. The number of hydrogen-bond acceptors (Lipinski definition) is 4. The van der Waals surface area contributed by atoms with Crippen LogP contribution >= 0.6 is 0 Å². The van der Waals surface area contributed by atoms with Gasteiger partial charge in [0.25, 0.3) is 0 Å². The van der Waals surface area contributed by atoms with E-state index in [9.17, 15) is 14.4 Å². The lowest BCUT2D eigenvalue weighted by molar-refractivity contribution is -0.148. The Bertz CT molecular complexity index is 374. The van der Waals surface area contributed by atoms with E-state index in [0.29, 0.717) is 0 Å². The number of rotatable bonds is 6. The van der Waals surface area contributed by atoms with Crippen LogP contribution in [-0.4, -0.2) is 52.5 Å². The zero-order valence-electron chi connectivity index (χ0n) is 12.8. The molecule has 0 radical (unpaired) electrons. The van der Waals surface area contributed by atoms with Gasteiger partial charge >= 0.3 is 5.97 Å². The van der Waals surface area contributed by atoms with Crippen LogP contribution in [0.5, 0.6) is 0 Å². The fourth-order valence-corrected chi connectivity index (χ4v) is 1.51. The van der Waals surface area contributed by atoms with E-state index < -0.39 is 35.9 Å². The maximum atomic E-state index is 12.0. The molecule has 0 spiro atoms. The molecule has 0 aliphatic carbocycles. The lowest BCUT2D eigenvalue weighted by Crippen LogP contribution is -2.53. The molecule has 0 aromatic heterocycles. The minimum atomic E-state index is -1.10. The van der Waals surface area contributed by atoms with Crippen molar-refractivity contribution in [2.24, 2.45) is 11.7 Å². The van der Waals surface area contributed by atoms with E-state index in [1.165, 1.54) is 4.90 Å². The summed E-state index contributed by atoms with van der Waals surface area (Å²) >= 11 is 0. The van der Waals surface area contributed by atoms with Crippen LogP contribution in [0.1, 0.15) is 34.6 Å². The van der Waals surface area contributed by atoms with Crippen LogP contribution in [-0.2, 0) is 14.4 Å². The molecule has 0 aliphatic heterocycles. The molecule has 7 heteroatoms. The summed E-state index contributed by atoms with van der Waals surface area (Å²) in [4.78, 5) is 35.7. The van der Waals surface area contributed by atoms with E-state index >= 15 is 0 Å². The number of nitrogens with one attached hydrogen (secondary N) is 1. The molecule has 1 atom stereocenters. The smallest absolute Gasteiger partial charge is 0.323 e. The molecule has 0 aromatic rings. The molecular weight excluding hydrogens is 262 g/mol. The fourth-order valence-electron chi connectivity index (χ4n) is 1.51. The molecule has 0 fully saturated rings. The van der Waals surface area contributed by atoms with Gasteiger partial charge in [-0.05, 0) is 26.7 Å². The maximum absolute atomic E-state index is 12.0. The van der Waals surface area contributed by atoms with Crippen molar-refractivity contribution >= 4 is 17.8 Å². The van der Waals surface area contributed by atoms with Crippen LogP contribution in [0.4, 0.5) is 0 Å². The number of carbonyl (C=O) groups is 3. The predicted octanol–water partition coefficient (Wildman–Crippen LogP) is -0.202. The van der Waals surface area contributed by atoms with Crippen LogP contribution in [0.2, 0.25) is 0 Å². The minimum Gasteiger partial charge on any atom is -0.480 e. The van der Waals surface area contributed by atoms with Gasteiger partial charge in [-0.15, -0.1) is 0 Å². The fraction of sp³-hybridized carbons (Fsp3) is 0.769. The molecule has 0 rings (SSSR count). The summed E-state index contributed by atoms with van der Waals surface area (Å²) in [6.45, 7) is 8.13. The maximum Gasteiger partial charge on any atom is 0.323 e. The Kier molecular flexibility index (Phi) is 6.64. The van der Waals surface area contributed by atoms with Crippen molar-refractivity contribution in [2.45, 2.75) is 46.2 Å². The molecule has 0 aliphatic rings. The van der Waals surface area contributed by atoms with Gasteiger partial charge in [0.05, 0.1) is 12.6 Å². The van der Waals surface area contributed by atoms with Gasteiger partial charge in [-0.25, -0.2) is 0 Å². The second kappa shape index (κ2) is 7.23. The van der Waals surface area contributed by atoms with Gasteiger partial charge in [0.15, 0.2) is 0 Å². The molecule has 0 saturated carbocycles. The first-order valence-corrected chi connectivity index (χ1v) is 6.52. The Morgan fingerprint density at radius 1 is 1.25 bits per heavy atom. The zero-order chi connectivity index (χ0) is 16.1. The summed E-state index contributed by atoms with van der Waals surface area (Å²) in [5.74, 6) is -2.01. The van der Waals surface area contributed by atoms with Gasteiger partial charge in [0.1, 0.15) is 6.54 Å². The van der Waals surface area contributed by atoms with E-state index in [4.69, 9.17) is 10.8 Å². The van der Waals surface area contributed by atoms with Crippen LogP contribution in [0.3, 0.4) is 0 Å². The number of carboxylic acid groups (broad SMARTS) is 1. The highest BCUT2D eigenvalue weighted by Crippen LogP contribution is 2.12. The van der Waals surface area contributed by atoms with Crippen molar-refractivity contribution in [3.63, 3.8) is 0 Å². The number of carbonyl (C=O) groups excluding carboxylic acids is 2. The van der Waals surface area contributed by atoms with E-state index in [1.54, 1.807) is 34.6 Å². The lowest BCUT2D eigenvalue weighted by Gasteiger charge is -2.34. The molecule has 20 heavy (non-hydrogen) atoms. The minimum absolute atomic E-state index is 0.0390. The molecule has 4 N–H and O–H groups in total. The van der Waals surface area contributed by atoms with Crippen molar-refractivity contribution in [3.05, 3.63) is 0 Å². The largest absolute Gasteiger partial charge is 0.480 e. The second-order valence-electron chi connectivity index (χ2n) is 6.03. The summed E-state index contributed by atoms with van der Waals surface area (Å²) in [5, 5.41) is 11.3. The van der Waals surface area contributed by atoms with E-state index in [1.807, 2.05) is 0 Å². The highest BCUT2D eigenvalue weighted by Gasteiger charge is 2.28. The Morgan fingerprint density at radius 2 is 1.75 bits per heavy atom. The summed E-state index contributed by atoms with van der Waals surface area (Å²) in [6.07, 6.45) is 0. The average molecular weight is 287 g/mol. The molecule has 0 heterocycles. The summed E-state index contributed by atoms with van der Waals surface area (Å²) in [7, 11) is 0. The number of aliphatic carboxylic acids is 1. The Hall–Kier alpha value is -1.63. The van der Waals surface area contributed by atoms with E-state index in [-0.39, 0.29) is 12.5 Å². The third-order valence-corrected chi connectivity index (χ3v) is 2.84. The number of nitrogens with two attached hydrogens (primary N) is 1. The van der Waals surface area contributed by atoms with E-state index in [0.717, 1.165) is 0 Å².